The summed E-state index contributed by atoms with van der Waals surface area (Å²) in [7, 11) is 1.78. The predicted octanol–water partition coefficient (Wildman–Crippen LogP) is 0.341. The second-order valence-corrected chi connectivity index (χ2v) is 4.13. The largest absolute Gasteiger partial charge is 0.304 e. The van der Waals surface area contributed by atoms with Gasteiger partial charge in [-0.05, 0) is 19.4 Å². The lowest BCUT2D eigenvalue weighted by molar-refractivity contribution is -0.131. The summed E-state index contributed by atoms with van der Waals surface area (Å²) in [5, 5.41) is 0. The van der Waals surface area contributed by atoms with Gasteiger partial charge in [0.2, 0.25) is 0 Å². The fraction of sp³-hybridized carbons (Fsp3) is 0.800. The molecule has 1 fully saturated rings. The summed E-state index contributed by atoms with van der Waals surface area (Å²) < 4.78 is 0. The molecular formula is C10H17N3O. The Hall–Kier alpha value is -0.900. The van der Waals surface area contributed by atoms with Gasteiger partial charge < -0.3 is 9.80 Å². The van der Waals surface area contributed by atoms with Crippen LogP contribution in [0.5, 0.6) is 0 Å². The van der Waals surface area contributed by atoms with Gasteiger partial charge in [0.1, 0.15) is 5.54 Å². The minimum Gasteiger partial charge on any atom is -0.304 e. The average molecular weight is 195 g/mol. The minimum atomic E-state index is -0.402. The predicted molar refractivity (Wildman–Crippen MR) is 55.3 cm³/mol. The first-order chi connectivity index (χ1) is 6.68. The van der Waals surface area contributed by atoms with Crippen molar-refractivity contribution < 1.29 is 4.79 Å². The van der Waals surface area contributed by atoms with Crippen molar-refractivity contribution in [3.8, 4) is 0 Å². The molecule has 2 aliphatic heterocycles. The molecule has 0 aromatic heterocycles. The molecule has 2 heterocycles. The van der Waals surface area contributed by atoms with E-state index in [0.717, 1.165) is 32.5 Å². The highest BCUT2D eigenvalue weighted by atomic mass is 16.2. The van der Waals surface area contributed by atoms with E-state index in [-0.39, 0.29) is 5.91 Å². The van der Waals surface area contributed by atoms with Gasteiger partial charge in [-0.1, -0.05) is 6.92 Å². The van der Waals surface area contributed by atoms with E-state index >= 15 is 0 Å². The molecule has 1 amide bonds. The Bertz CT molecular complexity index is 267. The summed E-state index contributed by atoms with van der Waals surface area (Å²) in [6.45, 7) is 5.22. The quantitative estimate of drug-likeness (QED) is 0.605. The van der Waals surface area contributed by atoms with Gasteiger partial charge in [-0.15, -0.1) is 0 Å². The molecule has 0 unspecified atom stereocenters. The van der Waals surface area contributed by atoms with Crippen LogP contribution in [0.1, 0.15) is 19.8 Å². The molecule has 2 aliphatic rings. The van der Waals surface area contributed by atoms with Gasteiger partial charge in [0.25, 0.3) is 5.91 Å². The molecule has 78 valence electrons. The number of rotatable bonds is 1. The maximum absolute atomic E-state index is 11.9. The third-order valence-electron chi connectivity index (χ3n) is 3.33. The van der Waals surface area contributed by atoms with Crippen molar-refractivity contribution in [2.45, 2.75) is 25.3 Å². The standard InChI is InChI=1S/C10H17N3O/c1-3-13-6-4-10(5-7-13)9(14)12(2)8-11-10/h8H,3-7H2,1-2H3. The zero-order chi connectivity index (χ0) is 10.2. The van der Waals surface area contributed by atoms with Crippen LogP contribution in [-0.2, 0) is 4.79 Å². The zero-order valence-electron chi connectivity index (χ0n) is 8.86. The van der Waals surface area contributed by atoms with Crippen LogP contribution in [0.15, 0.2) is 4.99 Å². The van der Waals surface area contributed by atoms with Crippen LogP contribution in [-0.4, -0.2) is 54.3 Å². The fourth-order valence-electron chi connectivity index (χ4n) is 2.22. The molecular weight excluding hydrogens is 178 g/mol. The highest BCUT2D eigenvalue weighted by Crippen LogP contribution is 2.30. The van der Waals surface area contributed by atoms with E-state index in [0.29, 0.717) is 0 Å². The van der Waals surface area contributed by atoms with Crippen LogP contribution < -0.4 is 0 Å². The first kappa shape index (κ1) is 9.65. The summed E-state index contributed by atoms with van der Waals surface area (Å²) >= 11 is 0. The number of hydrogen-bond acceptors (Lipinski definition) is 3. The first-order valence-corrected chi connectivity index (χ1v) is 5.23. The van der Waals surface area contributed by atoms with Crippen molar-refractivity contribution in [3.05, 3.63) is 0 Å². The molecule has 4 heteroatoms. The highest BCUT2D eigenvalue weighted by molar-refractivity contribution is 5.99. The van der Waals surface area contributed by atoms with E-state index in [1.54, 1.807) is 18.3 Å². The van der Waals surface area contributed by atoms with Crippen LogP contribution in [0.3, 0.4) is 0 Å². The van der Waals surface area contributed by atoms with E-state index in [1.807, 2.05) is 0 Å². The number of nitrogens with zero attached hydrogens (tertiary/aromatic N) is 3. The third-order valence-corrected chi connectivity index (χ3v) is 3.33. The SMILES string of the molecule is CCN1CCC2(CC1)N=CN(C)C2=O. The van der Waals surface area contributed by atoms with E-state index < -0.39 is 5.54 Å². The molecule has 0 N–H and O–H groups in total. The van der Waals surface area contributed by atoms with Gasteiger partial charge in [0.05, 0.1) is 6.34 Å². The topological polar surface area (TPSA) is 35.9 Å². The van der Waals surface area contributed by atoms with Crippen LogP contribution in [0, 0.1) is 0 Å². The Kier molecular flexibility index (Phi) is 2.31. The van der Waals surface area contributed by atoms with Crippen molar-refractivity contribution in [3.63, 3.8) is 0 Å². The third kappa shape index (κ3) is 1.34. The Morgan fingerprint density at radius 1 is 1.50 bits per heavy atom. The molecule has 0 radical (unpaired) electrons. The molecule has 0 aromatic carbocycles. The zero-order valence-corrected chi connectivity index (χ0v) is 8.86. The summed E-state index contributed by atoms with van der Waals surface area (Å²) in [6, 6.07) is 0. The normalized spacial score (nSPS) is 26.4. The van der Waals surface area contributed by atoms with Gasteiger partial charge in [-0.25, -0.2) is 0 Å². The molecule has 0 saturated carbocycles. The second kappa shape index (κ2) is 3.35. The summed E-state index contributed by atoms with van der Waals surface area (Å²) in [5.74, 6) is 0.174. The molecule has 4 nitrogen and oxygen atoms in total. The molecule has 0 atom stereocenters. The summed E-state index contributed by atoms with van der Waals surface area (Å²) in [4.78, 5) is 20.2. The fourth-order valence-corrected chi connectivity index (χ4v) is 2.22. The number of piperidine rings is 1. The molecule has 14 heavy (non-hydrogen) atoms. The molecule has 0 aromatic rings. The number of hydrogen-bond donors (Lipinski definition) is 0. The Morgan fingerprint density at radius 3 is 2.57 bits per heavy atom. The number of carbonyl (C=O) groups is 1. The van der Waals surface area contributed by atoms with Crippen LogP contribution in [0.4, 0.5) is 0 Å². The summed E-state index contributed by atoms with van der Waals surface area (Å²) in [6.07, 6.45) is 3.42. The Balaban J connectivity index is 2.07. The van der Waals surface area contributed by atoms with Crippen molar-refractivity contribution in [2.24, 2.45) is 4.99 Å². The number of carbonyl (C=O) groups excluding carboxylic acids is 1. The Labute approximate surface area is 84.6 Å². The van der Waals surface area contributed by atoms with Gasteiger partial charge in [-0.2, -0.15) is 0 Å². The van der Waals surface area contributed by atoms with Crippen molar-refractivity contribution in [1.29, 1.82) is 0 Å². The first-order valence-electron chi connectivity index (χ1n) is 5.23. The van der Waals surface area contributed by atoms with Crippen LogP contribution in [0.25, 0.3) is 0 Å². The van der Waals surface area contributed by atoms with E-state index in [9.17, 15) is 4.79 Å². The van der Waals surface area contributed by atoms with Crippen molar-refractivity contribution >= 4 is 12.2 Å². The van der Waals surface area contributed by atoms with Crippen LogP contribution >= 0.6 is 0 Å². The van der Waals surface area contributed by atoms with E-state index in [1.165, 1.54) is 0 Å². The number of likely N-dealkylation sites (N-methyl/N-ethyl adjacent to an activating group) is 1. The lowest BCUT2D eigenvalue weighted by Crippen LogP contribution is -2.48. The lowest BCUT2D eigenvalue weighted by atomic mass is 9.88. The Morgan fingerprint density at radius 2 is 2.14 bits per heavy atom. The number of aliphatic imine (C=N–C) groups is 1. The van der Waals surface area contributed by atoms with Gasteiger partial charge in [0.15, 0.2) is 0 Å². The average Bonchev–Trinajstić information content (AvgIpc) is 2.49. The monoisotopic (exact) mass is 195 g/mol. The van der Waals surface area contributed by atoms with Crippen molar-refractivity contribution in [1.82, 2.24) is 9.80 Å². The smallest absolute Gasteiger partial charge is 0.255 e. The van der Waals surface area contributed by atoms with Gasteiger partial charge in [0, 0.05) is 20.1 Å². The van der Waals surface area contributed by atoms with Crippen LogP contribution in [0.2, 0.25) is 0 Å². The maximum Gasteiger partial charge on any atom is 0.255 e. The maximum atomic E-state index is 11.9. The number of amides is 1. The molecule has 1 saturated heterocycles. The highest BCUT2D eigenvalue weighted by Gasteiger charge is 2.45. The minimum absolute atomic E-state index is 0.174. The summed E-state index contributed by atoms with van der Waals surface area (Å²) in [5.41, 5.74) is -0.402. The molecule has 2 rings (SSSR count). The van der Waals surface area contributed by atoms with E-state index in [2.05, 4.69) is 16.8 Å². The van der Waals surface area contributed by atoms with Gasteiger partial charge in [-0.3, -0.25) is 9.79 Å². The molecule has 1 spiro atoms. The van der Waals surface area contributed by atoms with Crippen molar-refractivity contribution in [2.75, 3.05) is 26.7 Å². The second-order valence-electron chi connectivity index (χ2n) is 4.13. The van der Waals surface area contributed by atoms with Gasteiger partial charge >= 0.3 is 0 Å². The number of likely N-dealkylation sites (tertiary alicyclic amines) is 1. The lowest BCUT2D eigenvalue weighted by Gasteiger charge is -2.35. The van der Waals surface area contributed by atoms with E-state index in [4.69, 9.17) is 0 Å². The molecule has 0 bridgehead atoms. The molecule has 0 aliphatic carbocycles.